The average molecular weight is 360 g/mol. The van der Waals surface area contributed by atoms with Crippen LogP contribution < -0.4 is 4.72 Å². The normalized spacial score (nSPS) is 11.2. The zero-order valence-electron chi connectivity index (χ0n) is 14.8. The van der Waals surface area contributed by atoms with E-state index in [1.807, 2.05) is 19.1 Å². The Balaban J connectivity index is 2.25. The molecule has 0 aliphatic carbocycles. The van der Waals surface area contributed by atoms with E-state index in [1.54, 1.807) is 36.2 Å². The largest absolute Gasteiger partial charge is 0.342 e. The minimum Gasteiger partial charge on any atom is -0.342 e. The first kappa shape index (κ1) is 19.0. The van der Waals surface area contributed by atoms with Gasteiger partial charge in [0.15, 0.2) is 0 Å². The highest BCUT2D eigenvalue weighted by Gasteiger charge is 2.18. The summed E-state index contributed by atoms with van der Waals surface area (Å²) in [7, 11) is -2.03. The number of sulfonamides is 1. The van der Waals surface area contributed by atoms with Crippen molar-refractivity contribution in [3.8, 4) is 0 Å². The number of nitrogens with one attached hydrogen (secondary N) is 1. The van der Waals surface area contributed by atoms with Crippen molar-refractivity contribution in [2.75, 3.05) is 18.3 Å². The van der Waals surface area contributed by atoms with Crippen LogP contribution in [0.25, 0.3) is 0 Å². The Kier molecular flexibility index (Phi) is 6.20. The second-order valence-electron chi connectivity index (χ2n) is 6.03. The monoisotopic (exact) mass is 360 g/mol. The van der Waals surface area contributed by atoms with Crippen LogP contribution >= 0.6 is 0 Å². The predicted octanol–water partition coefficient (Wildman–Crippen LogP) is 3.67. The second kappa shape index (κ2) is 8.16. The number of rotatable bonds is 7. The van der Waals surface area contributed by atoms with Crippen LogP contribution in [0.5, 0.6) is 0 Å². The third-order valence-corrected chi connectivity index (χ3v) is 5.34. The summed E-state index contributed by atoms with van der Waals surface area (Å²) in [6.45, 7) is 4.54. The van der Waals surface area contributed by atoms with Gasteiger partial charge in [-0.05, 0) is 43.2 Å². The number of para-hydroxylation sites is 1. The van der Waals surface area contributed by atoms with E-state index in [9.17, 15) is 13.2 Å². The standard InChI is InChI=1S/C19H24N2O3S/c1-4-5-13-21(3)19(22)16-10-8-11-17(14-16)25(23,24)20-18-12-7-6-9-15(18)2/h6-12,14,20H,4-5,13H2,1-3H3. The zero-order valence-corrected chi connectivity index (χ0v) is 15.6. The molecule has 1 N–H and O–H groups in total. The maximum Gasteiger partial charge on any atom is 0.261 e. The number of unbranched alkanes of at least 4 members (excludes halogenated alkanes) is 1. The molecule has 6 heteroatoms. The molecule has 0 aromatic heterocycles. The van der Waals surface area contributed by atoms with Crippen molar-refractivity contribution in [1.82, 2.24) is 4.90 Å². The number of amides is 1. The summed E-state index contributed by atoms with van der Waals surface area (Å²) in [6, 6.07) is 13.3. The van der Waals surface area contributed by atoms with Crippen molar-refractivity contribution in [2.45, 2.75) is 31.6 Å². The van der Waals surface area contributed by atoms with Gasteiger partial charge in [0.2, 0.25) is 0 Å². The van der Waals surface area contributed by atoms with Crippen LogP contribution in [0.3, 0.4) is 0 Å². The van der Waals surface area contributed by atoms with Crippen molar-refractivity contribution in [2.24, 2.45) is 0 Å². The van der Waals surface area contributed by atoms with Gasteiger partial charge < -0.3 is 4.90 Å². The number of hydrogen-bond acceptors (Lipinski definition) is 3. The van der Waals surface area contributed by atoms with E-state index in [-0.39, 0.29) is 10.8 Å². The molecular formula is C19H24N2O3S. The molecule has 0 fully saturated rings. The van der Waals surface area contributed by atoms with Crippen LogP contribution in [0.15, 0.2) is 53.4 Å². The van der Waals surface area contributed by atoms with Gasteiger partial charge >= 0.3 is 0 Å². The van der Waals surface area contributed by atoms with Gasteiger partial charge in [0.1, 0.15) is 0 Å². The number of anilines is 1. The Morgan fingerprint density at radius 3 is 2.52 bits per heavy atom. The van der Waals surface area contributed by atoms with Gasteiger partial charge in [-0.3, -0.25) is 9.52 Å². The van der Waals surface area contributed by atoms with E-state index in [2.05, 4.69) is 11.6 Å². The Morgan fingerprint density at radius 1 is 1.12 bits per heavy atom. The summed E-state index contributed by atoms with van der Waals surface area (Å²) in [5.41, 5.74) is 1.73. The quantitative estimate of drug-likeness (QED) is 0.819. The number of nitrogens with zero attached hydrogens (tertiary/aromatic N) is 1. The molecule has 0 saturated carbocycles. The maximum absolute atomic E-state index is 12.6. The molecule has 2 aromatic carbocycles. The Hall–Kier alpha value is -2.34. The molecular weight excluding hydrogens is 336 g/mol. The SMILES string of the molecule is CCCCN(C)C(=O)c1cccc(S(=O)(=O)Nc2ccccc2C)c1. The van der Waals surface area contributed by atoms with Crippen molar-refractivity contribution in [3.05, 3.63) is 59.7 Å². The highest BCUT2D eigenvalue weighted by atomic mass is 32.2. The highest BCUT2D eigenvalue weighted by molar-refractivity contribution is 7.92. The number of carbonyl (C=O) groups excluding carboxylic acids is 1. The average Bonchev–Trinajstić information content (AvgIpc) is 2.61. The lowest BCUT2D eigenvalue weighted by Gasteiger charge is -2.17. The fourth-order valence-electron chi connectivity index (χ4n) is 2.40. The van der Waals surface area contributed by atoms with E-state index in [1.165, 1.54) is 12.1 Å². The molecule has 25 heavy (non-hydrogen) atoms. The minimum absolute atomic E-state index is 0.0745. The fraction of sp³-hybridized carbons (Fsp3) is 0.316. The highest BCUT2D eigenvalue weighted by Crippen LogP contribution is 2.20. The van der Waals surface area contributed by atoms with Gasteiger partial charge in [-0.2, -0.15) is 0 Å². The number of hydrogen-bond donors (Lipinski definition) is 1. The maximum atomic E-state index is 12.6. The lowest BCUT2D eigenvalue weighted by molar-refractivity contribution is 0.0793. The molecule has 0 atom stereocenters. The van der Waals surface area contributed by atoms with Crippen LogP contribution in [0.4, 0.5) is 5.69 Å². The summed E-state index contributed by atoms with van der Waals surface area (Å²) in [4.78, 5) is 14.1. The van der Waals surface area contributed by atoms with Crippen molar-refractivity contribution in [3.63, 3.8) is 0 Å². The molecule has 1 amide bonds. The van der Waals surface area contributed by atoms with Crippen LogP contribution in [-0.4, -0.2) is 32.8 Å². The third-order valence-electron chi connectivity index (χ3n) is 3.97. The number of carbonyl (C=O) groups is 1. The molecule has 0 saturated heterocycles. The van der Waals surface area contributed by atoms with Gasteiger partial charge in [0.05, 0.1) is 10.6 Å². The molecule has 0 unspecified atom stereocenters. The summed E-state index contributed by atoms with van der Waals surface area (Å²) in [5, 5.41) is 0. The molecule has 0 aliphatic heterocycles. The molecule has 0 radical (unpaired) electrons. The first-order valence-corrected chi connectivity index (χ1v) is 9.77. The summed E-state index contributed by atoms with van der Waals surface area (Å²) in [6.07, 6.45) is 1.90. The molecule has 0 spiro atoms. The summed E-state index contributed by atoms with van der Waals surface area (Å²) < 4.78 is 27.8. The van der Waals surface area contributed by atoms with Crippen molar-refractivity contribution in [1.29, 1.82) is 0 Å². The molecule has 0 bridgehead atoms. The molecule has 5 nitrogen and oxygen atoms in total. The van der Waals surface area contributed by atoms with E-state index >= 15 is 0 Å². The number of benzene rings is 2. The zero-order chi connectivity index (χ0) is 18.4. The summed E-state index contributed by atoms with van der Waals surface area (Å²) in [5.74, 6) is -0.179. The fourth-order valence-corrected chi connectivity index (χ4v) is 3.58. The van der Waals surface area contributed by atoms with Crippen LogP contribution in [0.2, 0.25) is 0 Å². The van der Waals surface area contributed by atoms with Gasteiger partial charge in [-0.1, -0.05) is 37.6 Å². The number of aryl methyl sites for hydroxylation is 1. The van der Waals surface area contributed by atoms with E-state index in [0.717, 1.165) is 18.4 Å². The van der Waals surface area contributed by atoms with E-state index < -0.39 is 10.0 Å². The van der Waals surface area contributed by atoms with Crippen molar-refractivity contribution < 1.29 is 13.2 Å². The molecule has 134 valence electrons. The van der Waals surface area contributed by atoms with Gasteiger partial charge in [-0.15, -0.1) is 0 Å². The lowest BCUT2D eigenvalue weighted by atomic mass is 10.2. The van der Waals surface area contributed by atoms with Gasteiger partial charge in [0.25, 0.3) is 15.9 Å². The Bertz CT molecular complexity index is 847. The molecule has 2 aromatic rings. The topological polar surface area (TPSA) is 66.5 Å². The molecule has 0 aliphatic rings. The van der Waals surface area contributed by atoms with Crippen molar-refractivity contribution >= 4 is 21.6 Å². The predicted molar refractivity (Wildman–Crippen MR) is 100 cm³/mol. The second-order valence-corrected chi connectivity index (χ2v) is 7.71. The third kappa shape index (κ3) is 4.82. The Labute approximate surface area is 149 Å². The minimum atomic E-state index is -3.76. The van der Waals surface area contributed by atoms with Crippen LogP contribution in [0.1, 0.15) is 35.7 Å². The van der Waals surface area contributed by atoms with Crippen LogP contribution in [-0.2, 0) is 10.0 Å². The first-order valence-electron chi connectivity index (χ1n) is 8.29. The molecule has 2 rings (SSSR count). The van der Waals surface area contributed by atoms with Crippen LogP contribution in [0, 0.1) is 6.92 Å². The summed E-state index contributed by atoms with van der Waals surface area (Å²) >= 11 is 0. The van der Waals surface area contributed by atoms with Gasteiger partial charge in [-0.25, -0.2) is 8.42 Å². The molecule has 0 heterocycles. The van der Waals surface area contributed by atoms with E-state index in [4.69, 9.17) is 0 Å². The van der Waals surface area contributed by atoms with Gasteiger partial charge in [0, 0.05) is 19.2 Å². The lowest BCUT2D eigenvalue weighted by Crippen LogP contribution is -2.28. The first-order chi connectivity index (χ1) is 11.8. The van der Waals surface area contributed by atoms with E-state index in [0.29, 0.717) is 17.8 Å². The smallest absolute Gasteiger partial charge is 0.261 e. The Morgan fingerprint density at radius 2 is 1.84 bits per heavy atom.